The second-order valence-corrected chi connectivity index (χ2v) is 4.98. The lowest BCUT2D eigenvalue weighted by Gasteiger charge is -2.08. The van der Waals surface area contributed by atoms with Gasteiger partial charge in [-0.05, 0) is 12.8 Å². The minimum Gasteiger partial charge on any atom is -0.462 e. The summed E-state index contributed by atoms with van der Waals surface area (Å²) in [4.78, 5) is 19.7. The van der Waals surface area contributed by atoms with Crippen LogP contribution in [-0.2, 0) is 4.74 Å². The fourth-order valence-electron chi connectivity index (χ4n) is 1.15. The van der Waals surface area contributed by atoms with E-state index in [4.69, 9.17) is 10.5 Å². The van der Waals surface area contributed by atoms with Gasteiger partial charge in [0.05, 0.1) is 6.61 Å². The minimum atomic E-state index is -0.478. The SMILES string of the molecule is CCOC(=O)c1cnc(SCC(C)CC)nc1N. The van der Waals surface area contributed by atoms with Crippen molar-refractivity contribution in [3.05, 3.63) is 11.8 Å². The molecule has 1 aromatic rings. The van der Waals surface area contributed by atoms with Gasteiger partial charge in [0, 0.05) is 11.9 Å². The Bertz CT molecular complexity index is 412. The number of nitrogens with zero attached hydrogens (tertiary/aromatic N) is 2. The van der Waals surface area contributed by atoms with E-state index in [1.165, 1.54) is 6.20 Å². The monoisotopic (exact) mass is 269 g/mol. The maximum absolute atomic E-state index is 11.5. The molecule has 0 spiro atoms. The van der Waals surface area contributed by atoms with E-state index >= 15 is 0 Å². The third kappa shape index (κ3) is 4.18. The summed E-state index contributed by atoms with van der Waals surface area (Å²) in [5.74, 6) is 1.24. The standard InChI is InChI=1S/C12H19N3O2S/c1-4-8(3)7-18-12-14-6-9(10(13)15-12)11(16)17-5-2/h6,8H,4-5,7H2,1-3H3,(H2,13,14,15). The summed E-state index contributed by atoms with van der Waals surface area (Å²) in [6, 6.07) is 0. The Kier molecular flexibility index (Phi) is 5.91. The van der Waals surface area contributed by atoms with Crippen LogP contribution in [0.1, 0.15) is 37.6 Å². The van der Waals surface area contributed by atoms with Crippen LogP contribution in [0.4, 0.5) is 5.82 Å². The topological polar surface area (TPSA) is 78.1 Å². The predicted molar refractivity (Wildman–Crippen MR) is 72.6 cm³/mol. The molecule has 5 nitrogen and oxygen atoms in total. The van der Waals surface area contributed by atoms with E-state index in [1.807, 2.05) is 0 Å². The maximum atomic E-state index is 11.5. The number of carbonyl (C=O) groups is 1. The number of ether oxygens (including phenoxy) is 1. The van der Waals surface area contributed by atoms with Crippen molar-refractivity contribution in [1.29, 1.82) is 0 Å². The van der Waals surface area contributed by atoms with E-state index in [-0.39, 0.29) is 11.4 Å². The van der Waals surface area contributed by atoms with E-state index in [0.717, 1.165) is 12.2 Å². The molecule has 0 fully saturated rings. The number of anilines is 1. The van der Waals surface area contributed by atoms with E-state index in [0.29, 0.717) is 17.7 Å². The van der Waals surface area contributed by atoms with Crippen LogP contribution in [-0.4, -0.2) is 28.3 Å². The molecule has 0 aromatic carbocycles. The summed E-state index contributed by atoms with van der Waals surface area (Å²) in [5, 5.41) is 0.598. The zero-order valence-corrected chi connectivity index (χ0v) is 11.8. The molecule has 0 bridgehead atoms. The van der Waals surface area contributed by atoms with Crippen molar-refractivity contribution in [3.8, 4) is 0 Å². The van der Waals surface area contributed by atoms with Crippen LogP contribution in [0.2, 0.25) is 0 Å². The highest BCUT2D eigenvalue weighted by Crippen LogP contribution is 2.20. The van der Waals surface area contributed by atoms with Crippen LogP contribution >= 0.6 is 11.8 Å². The third-order valence-electron chi connectivity index (χ3n) is 2.49. The molecule has 1 heterocycles. The van der Waals surface area contributed by atoms with Crippen LogP contribution in [0, 0.1) is 5.92 Å². The minimum absolute atomic E-state index is 0.176. The smallest absolute Gasteiger partial charge is 0.343 e. The van der Waals surface area contributed by atoms with E-state index in [2.05, 4.69) is 23.8 Å². The Morgan fingerprint density at radius 3 is 2.83 bits per heavy atom. The fraction of sp³-hybridized carbons (Fsp3) is 0.583. The van der Waals surface area contributed by atoms with Gasteiger partial charge in [0.15, 0.2) is 5.16 Å². The molecule has 0 aliphatic heterocycles. The van der Waals surface area contributed by atoms with Crippen molar-refractivity contribution in [3.63, 3.8) is 0 Å². The summed E-state index contributed by atoms with van der Waals surface area (Å²) in [6.45, 7) is 6.36. The van der Waals surface area contributed by atoms with E-state index < -0.39 is 5.97 Å². The number of hydrogen-bond acceptors (Lipinski definition) is 6. The first kappa shape index (κ1) is 14.8. The van der Waals surface area contributed by atoms with Crippen molar-refractivity contribution >= 4 is 23.5 Å². The van der Waals surface area contributed by atoms with Gasteiger partial charge in [-0.25, -0.2) is 14.8 Å². The number of thioether (sulfide) groups is 1. The normalized spacial score (nSPS) is 12.2. The molecule has 1 aromatic heterocycles. The summed E-state index contributed by atoms with van der Waals surface area (Å²) in [7, 11) is 0. The van der Waals surface area contributed by atoms with E-state index in [1.54, 1.807) is 18.7 Å². The quantitative estimate of drug-likeness (QED) is 0.485. The Morgan fingerprint density at radius 2 is 2.28 bits per heavy atom. The highest BCUT2D eigenvalue weighted by atomic mass is 32.2. The van der Waals surface area contributed by atoms with Crippen molar-refractivity contribution in [2.24, 2.45) is 5.92 Å². The molecule has 2 N–H and O–H groups in total. The van der Waals surface area contributed by atoms with Crippen LogP contribution in [0.25, 0.3) is 0 Å². The van der Waals surface area contributed by atoms with Gasteiger partial charge in [0.1, 0.15) is 11.4 Å². The van der Waals surface area contributed by atoms with Crippen molar-refractivity contribution < 1.29 is 9.53 Å². The average Bonchev–Trinajstić information content (AvgIpc) is 2.36. The van der Waals surface area contributed by atoms with Gasteiger partial charge in [0.2, 0.25) is 0 Å². The van der Waals surface area contributed by atoms with Crippen LogP contribution in [0.15, 0.2) is 11.4 Å². The van der Waals surface area contributed by atoms with Gasteiger partial charge >= 0.3 is 5.97 Å². The van der Waals surface area contributed by atoms with Crippen LogP contribution < -0.4 is 5.73 Å². The Hall–Kier alpha value is -1.30. The lowest BCUT2D eigenvalue weighted by molar-refractivity contribution is 0.0526. The molecule has 0 aliphatic carbocycles. The number of carbonyl (C=O) groups excluding carboxylic acids is 1. The fourth-order valence-corrected chi connectivity index (χ4v) is 2.11. The Morgan fingerprint density at radius 1 is 1.56 bits per heavy atom. The first-order valence-electron chi connectivity index (χ1n) is 6.00. The summed E-state index contributed by atoms with van der Waals surface area (Å²) in [5.41, 5.74) is 5.95. The van der Waals surface area contributed by atoms with Gasteiger partial charge in [-0.3, -0.25) is 0 Å². The molecule has 0 amide bonds. The molecule has 0 saturated carbocycles. The molecule has 1 rings (SSSR count). The second kappa shape index (κ2) is 7.20. The molecule has 1 unspecified atom stereocenters. The summed E-state index contributed by atoms with van der Waals surface area (Å²) >= 11 is 1.55. The van der Waals surface area contributed by atoms with Crippen LogP contribution in [0.5, 0.6) is 0 Å². The number of rotatable bonds is 6. The molecule has 100 valence electrons. The molecule has 18 heavy (non-hydrogen) atoms. The molecular formula is C12H19N3O2S. The number of aromatic nitrogens is 2. The van der Waals surface area contributed by atoms with Gasteiger partial charge in [0.25, 0.3) is 0 Å². The lowest BCUT2D eigenvalue weighted by Crippen LogP contribution is -2.10. The molecule has 0 saturated heterocycles. The zero-order chi connectivity index (χ0) is 13.5. The number of hydrogen-bond donors (Lipinski definition) is 1. The van der Waals surface area contributed by atoms with Crippen molar-refractivity contribution in [2.45, 2.75) is 32.3 Å². The lowest BCUT2D eigenvalue weighted by atomic mass is 10.2. The second-order valence-electron chi connectivity index (χ2n) is 4.00. The first-order valence-corrected chi connectivity index (χ1v) is 6.99. The van der Waals surface area contributed by atoms with Gasteiger partial charge in [-0.15, -0.1) is 0 Å². The molecule has 1 atom stereocenters. The van der Waals surface area contributed by atoms with Gasteiger partial charge in [-0.2, -0.15) is 0 Å². The molecule has 6 heteroatoms. The van der Waals surface area contributed by atoms with Gasteiger partial charge in [-0.1, -0.05) is 32.0 Å². The zero-order valence-electron chi connectivity index (χ0n) is 11.0. The summed E-state index contributed by atoms with van der Waals surface area (Å²) in [6.07, 6.45) is 2.54. The largest absolute Gasteiger partial charge is 0.462 e. The average molecular weight is 269 g/mol. The van der Waals surface area contributed by atoms with Crippen molar-refractivity contribution in [1.82, 2.24) is 9.97 Å². The molecule has 0 aliphatic rings. The first-order chi connectivity index (χ1) is 8.58. The van der Waals surface area contributed by atoms with Crippen molar-refractivity contribution in [2.75, 3.05) is 18.1 Å². The summed E-state index contributed by atoms with van der Waals surface area (Å²) < 4.78 is 4.86. The number of esters is 1. The van der Waals surface area contributed by atoms with Gasteiger partial charge < -0.3 is 10.5 Å². The number of nitrogens with two attached hydrogens (primary N) is 1. The Labute approximate surface area is 112 Å². The van der Waals surface area contributed by atoms with E-state index in [9.17, 15) is 4.79 Å². The third-order valence-corrected chi connectivity index (χ3v) is 3.68. The highest BCUT2D eigenvalue weighted by molar-refractivity contribution is 7.99. The maximum Gasteiger partial charge on any atom is 0.343 e. The molecular weight excluding hydrogens is 250 g/mol. The number of nitrogen functional groups attached to an aromatic ring is 1. The molecule has 0 radical (unpaired) electrons. The van der Waals surface area contributed by atoms with Crippen LogP contribution in [0.3, 0.4) is 0 Å². The predicted octanol–water partition coefficient (Wildman–Crippen LogP) is 2.37. The highest BCUT2D eigenvalue weighted by Gasteiger charge is 2.14. The Balaban J connectivity index is 2.70.